The van der Waals surface area contributed by atoms with Crippen LogP contribution in [-0.4, -0.2) is 18.5 Å². The van der Waals surface area contributed by atoms with Crippen molar-refractivity contribution < 1.29 is 13.9 Å². The minimum Gasteiger partial charge on any atom is -0.486 e. The van der Waals surface area contributed by atoms with Gasteiger partial charge in [-0.1, -0.05) is 66.7 Å². The molecule has 1 amide bonds. The molecule has 148 valence electrons. The Labute approximate surface area is 169 Å². The zero-order valence-corrected chi connectivity index (χ0v) is 16.0. The third kappa shape index (κ3) is 4.81. The highest BCUT2D eigenvalue weighted by Gasteiger charge is 2.29. The maximum Gasteiger partial charge on any atom is 0.237 e. The van der Waals surface area contributed by atoms with Crippen LogP contribution in [0.1, 0.15) is 22.7 Å². The summed E-state index contributed by atoms with van der Waals surface area (Å²) in [6.45, 7) is 0.738. The standard InChI is InChI=1S/C24H23FN2O2/c25-20-14-19(11-12-23(20)29-16-18-9-5-2-6-10-18)22-15-26-24(28)21(27-22)13-17-7-3-1-4-8-17/h1-12,14,21-22,27H,13,15-16H2,(H,26,28)/t21-,22-/m0/s1. The summed E-state index contributed by atoms with van der Waals surface area (Å²) >= 11 is 0. The van der Waals surface area contributed by atoms with Crippen molar-refractivity contribution in [2.45, 2.75) is 25.1 Å². The van der Waals surface area contributed by atoms with Crippen molar-refractivity contribution >= 4 is 5.91 Å². The van der Waals surface area contributed by atoms with Crippen LogP contribution >= 0.6 is 0 Å². The van der Waals surface area contributed by atoms with E-state index >= 15 is 0 Å². The Morgan fingerprint density at radius 1 is 0.931 bits per heavy atom. The molecule has 5 heteroatoms. The molecule has 4 nitrogen and oxygen atoms in total. The van der Waals surface area contributed by atoms with E-state index in [0.717, 1.165) is 16.7 Å². The quantitative estimate of drug-likeness (QED) is 0.674. The maximum atomic E-state index is 14.6. The predicted octanol–water partition coefficient (Wildman–Crippen LogP) is 3.78. The number of ether oxygens (including phenoxy) is 1. The first-order chi connectivity index (χ1) is 14.2. The van der Waals surface area contributed by atoms with E-state index in [-0.39, 0.29) is 23.7 Å². The van der Waals surface area contributed by atoms with Crippen LogP contribution in [0.5, 0.6) is 5.75 Å². The van der Waals surface area contributed by atoms with E-state index in [4.69, 9.17) is 4.74 Å². The fraction of sp³-hybridized carbons (Fsp3) is 0.208. The summed E-state index contributed by atoms with van der Waals surface area (Å²) < 4.78 is 20.2. The number of carbonyl (C=O) groups excluding carboxylic acids is 1. The second-order valence-corrected chi connectivity index (χ2v) is 7.17. The van der Waals surface area contributed by atoms with Crippen molar-refractivity contribution in [1.29, 1.82) is 0 Å². The Morgan fingerprint density at radius 3 is 2.31 bits per heavy atom. The van der Waals surface area contributed by atoms with Gasteiger partial charge in [0.1, 0.15) is 6.61 Å². The lowest BCUT2D eigenvalue weighted by atomic mass is 9.98. The van der Waals surface area contributed by atoms with Crippen molar-refractivity contribution in [3.8, 4) is 5.75 Å². The second kappa shape index (κ2) is 8.88. The molecule has 0 radical (unpaired) electrons. The van der Waals surface area contributed by atoms with Crippen LogP contribution in [0.3, 0.4) is 0 Å². The summed E-state index contributed by atoms with van der Waals surface area (Å²) in [7, 11) is 0. The van der Waals surface area contributed by atoms with Gasteiger partial charge in [0.25, 0.3) is 0 Å². The topological polar surface area (TPSA) is 50.4 Å². The molecule has 1 saturated heterocycles. The number of hydrogen-bond acceptors (Lipinski definition) is 3. The van der Waals surface area contributed by atoms with Crippen LogP contribution in [0.25, 0.3) is 0 Å². The van der Waals surface area contributed by atoms with Gasteiger partial charge >= 0.3 is 0 Å². The van der Waals surface area contributed by atoms with Crippen LogP contribution < -0.4 is 15.4 Å². The number of nitrogens with one attached hydrogen (secondary N) is 2. The van der Waals surface area contributed by atoms with Gasteiger partial charge in [0.15, 0.2) is 11.6 Å². The lowest BCUT2D eigenvalue weighted by Crippen LogP contribution is -2.55. The van der Waals surface area contributed by atoms with Gasteiger partial charge in [-0.3, -0.25) is 10.1 Å². The van der Waals surface area contributed by atoms with Gasteiger partial charge < -0.3 is 10.1 Å². The van der Waals surface area contributed by atoms with E-state index < -0.39 is 5.82 Å². The molecule has 0 aromatic heterocycles. The average molecular weight is 390 g/mol. The van der Waals surface area contributed by atoms with Crippen molar-refractivity contribution in [2.24, 2.45) is 0 Å². The largest absolute Gasteiger partial charge is 0.486 e. The first-order valence-electron chi connectivity index (χ1n) is 9.73. The molecule has 3 aromatic carbocycles. The number of piperazine rings is 1. The maximum absolute atomic E-state index is 14.6. The van der Waals surface area contributed by atoms with E-state index in [1.807, 2.05) is 66.7 Å². The molecule has 2 atom stereocenters. The van der Waals surface area contributed by atoms with Crippen LogP contribution in [0.2, 0.25) is 0 Å². The molecular formula is C24H23FN2O2. The van der Waals surface area contributed by atoms with E-state index in [9.17, 15) is 9.18 Å². The number of benzene rings is 3. The van der Waals surface area contributed by atoms with E-state index in [2.05, 4.69) is 10.6 Å². The molecule has 0 aliphatic carbocycles. The van der Waals surface area contributed by atoms with Crippen LogP contribution in [0, 0.1) is 5.82 Å². The Morgan fingerprint density at radius 2 is 1.62 bits per heavy atom. The summed E-state index contributed by atoms with van der Waals surface area (Å²) in [4.78, 5) is 12.2. The predicted molar refractivity (Wildman–Crippen MR) is 110 cm³/mol. The Bertz CT molecular complexity index is 963. The van der Waals surface area contributed by atoms with Crippen LogP contribution in [-0.2, 0) is 17.8 Å². The SMILES string of the molecule is O=C1NC[C@@H](c2ccc(OCc3ccccc3)c(F)c2)N[C@H]1Cc1ccccc1. The van der Waals surface area contributed by atoms with Gasteiger partial charge in [-0.05, 0) is 35.2 Å². The van der Waals surface area contributed by atoms with Crippen LogP contribution in [0.15, 0.2) is 78.9 Å². The first-order valence-corrected chi connectivity index (χ1v) is 9.73. The molecule has 1 fully saturated rings. The van der Waals surface area contributed by atoms with Gasteiger partial charge in [-0.2, -0.15) is 0 Å². The minimum atomic E-state index is -0.406. The zero-order chi connectivity index (χ0) is 20.1. The number of hydrogen-bond donors (Lipinski definition) is 2. The highest BCUT2D eigenvalue weighted by atomic mass is 19.1. The fourth-order valence-corrected chi connectivity index (χ4v) is 3.51. The van der Waals surface area contributed by atoms with Crippen molar-refractivity contribution in [3.05, 3.63) is 101 Å². The Kier molecular flexibility index (Phi) is 5.86. The lowest BCUT2D eigenvalue weighted by Gasteiger charge is -2.31. The van der Waals surface area contributed by atoms with Gasteiger partial charge in [-0.25, -0.2) is 4.39 Å². The summed E-state index contributed by atoms with van der Waals surface area (Å²) in [5.74, 6) is -0.219. The molecule has 0 spiro atoms. The molecule has 0 saturated carbocycles. The molecule has 1 aliphatic rings. The van der Waals surface area contributed by atoms with E-state index in [1.165, 1.54) is 6.07 Å². The minimum absolute atomic E-state index is 0.0339. The van der Waals surface area contributed by atoms with Gasteiger partial charge in [-0.15, -0.1) is 0 Å². The summed E-state index contributed by atoms with van der Waals surface area (Å²) in [5, 5.41) is 6.28. The molecule has 29 heavy (non-hydrogen) atoms. The van der Waals surface area contributed by atoms with E-state index in [0.29, 0.717) is 19.6 Å². The number of carbonyl (C=O) groups is 1. The molecule has 0 bridgehead atoms. The normalized spacial score (nSPS) is 18.9. The summed E-state index contributed by atoms with van der Waals surface area (Å²) in [6.07, 6.45) is 0.587. The average Bonchev–Trinajstić information content (AvgIpc) is 2.76. The number of rotatable bonds is 6. The van der Waals surface area contributed by atoms with Crippen molar-refractivity contribution in [1.82, 2.24) is 10.6 Å². The third-order valence-electron chi connectivity index (χ3n) is 5.08. The monoisotopic (exact) mass is 390 g/mol. The van der Waals surface area contributed by atoms with E-state index in [1.54, 1.807) is 6.07 Å². The zero-order valence-electron chi connectivity index (χ0n) is 16.0. The third-order valence-corrected chi connectivity index (χ3v) is 5.08. The molecule has 3 aromatic rings. The molecular weight excluding hydrogens is 367 g/mol. The molecule has 1 heterocycles. The molecule has 1 aliphatic heterocycles. The molecule has 2 N–H and O–H groups in total. The smallest absolute Gasteiger partial charge is 0.237 e. The molecule has 0 unspecified atom stereocenters. The fourth-order valence-electron chi connectivity index (χ4n) is 3.51. The second-order valence-electron chi connectivity index (χ2n) is 7.17. The Hall–Kier alpha value is -3.18. The van der Waals surface area contributed by atoms with Gasteiger partial charge in [0, 0.05) is 6.54 Å². The lowest BCUT2D eigenvalue weighted by molar-refractivity contribution is -0.125. The number of halogens is 1. The number of amides is 1. The summed E-state index contributed by atoms with van der Waals surface area (Å²) in [6, 6.07) is 24.0. The van der Waals surface area contributed by atoms with Gasteiger partial charge in [0.2, 0.25) is 5.91 Å². The molecule has 4 rings (SSSR count). The first kappa shape index (κ1) is 19.2. The highest BCUT2D eigenvalue weighted by molar-refractivity contribution is 5.83. The van der Waals surface area contributed by atoms with Gasteiger partial charge in [0.05, 0.1) is 12.1 Å². The van der Waals surface area contributed by atoms with Crippen LogP contribution in [0.4, 0.5) is 4.39 Å². The van der Waals surface area contributed by atoms with Crippen molar-refractivity contribution in [2.75, 3.05) is 6.54 Å². The van der Waals surface area contributed by atoms with Crippen molar-refractivity contribution in [3.63, 3.8) is 0 Å². The summed E-state index contributed by atoms with van der Waals surface area (Å²) in [5.41, 5.74) is 2.85. The highest BCUT2D eigenvalue weighted by Crippen LogP contribution is 2.24. The Balaban J connectivity index is 1.42.